The highest BCUT2D eigenvalue weighted by molar-refractivity contribution is 5.69. The lowest BCUT2D eigenvalue weighted by molar-refractivity contribution is -0.137. The maximum absolute atomic E-state index is 10.8. The van der Waals surface area contributed by atoms with Gasteiger partial charge in [0.05, 0.1) is 33.8 Å². The number of carbonyl (C=O) groups is 2. The number of nitrogens with one attached hydrogen (secondary N) is 1. The molecule has 0 heterocycles. The Hall–Kier alpha value is -2.44. The predicted octanol–water partition coefficient (Wildman–Crippen LogP) is 0.974. The third-order valence-corrected chi connectivity index (χ3v) is 2.74. The van der Waals surface area contributed by atoms with Gasteiger partial charge in [0, 0.05) is 0 Å². The summed E-state index contributed by atoms with van der Waals surface area (Å²) in [4.78, 5) is 21.5. The number of benzene rings is 1. The maximum Gasteiger partial charge on any atom is 0.305 e. The number of hydrogen-bond donors (Lipinski definition) is 2. The summed E-state index contributed by atoms with van der Waals surface area (Å²) in [5.74, 6) is 0.159. The molecule has 0 aliphatic rings. The van der Waals surface area contributed by atoms with Crippen LogP contribution in [0.2, 0.25) is 0 Å². The highest BCUT2D eigenvalue weighted by Gasteiger charge is 2.20. The molecule has 0 saturated carbocycles. The fourth-order valence-electron chi connectivity index (χ4n) is 1.83. The van der Waals surface area contributed by atoms with E-state index >= 15 is 0 Å². The molecule has 0 fully saturated rings. The van der Waals surface area contributed by atoms with E-state index in [4.69, 9.17) is 19.3 Å². The fraction of sp³-hybridized carbons (Fsp3) is 0.385. The molecule has 1 aromatic rings. The molecule has 1 amide bonds. The van der Waals surface area contributed by atoms with Crippen molar-refractivity contribution in [1.82, 2.24) is 5.32 Å². The van der Waals surface area contributed by atoms with Crippen molar-refractivity contribution in [3.63, 3.8) is 0 Å². The van der Waals surface area contributed by atoms with E-state index in [0.717, 1.165) is 0 Å². The number of rotatable bonds is 8. The van der Waals surface area contributed by atoms with Crippen LogP contribution in [0.25, 0.3) is 0 Å². The molecule has 0 aromatic heterocycles. The van der Waals surface area contributed by atoms with Crippen LogP contribution in [0, 0.1) is 0 Å². The number of aliphatic carboxylic acids is 1. The first kappa shape index (κ1) is 15.6. The minimum atomic E-state index is -1.03. The Labute approximate surface area is 116 Å². The van der Waals surface area contributed by atoms with Gasteiger partial charge in [-0.3, -0.25) is 9.59 Å². The molecule has 0 aliphatic carbocycles. The second-order valence-electron chi connectivity index (χ2n) is 3.89. The first-order valence-corrected chi connectivity index (χ1v) is 5.78. The molecule has 1 unspecified atom stereocenters. The van der Waals surface area contributed by atoms with Crippen LogP contribution in [-0.2, 0) is 9.59 Å². The van der Waals surface area contributed by atoms with Crippen molar-refractivity contribution in [3.05, 3.63) is 17.7 Å². The number of methoxy groups -OCH3 is 3. The van der Waals surface area contributed by atoms with Crippen LogP contribution in [0.15, 0.2) is 12.1 Å². The van der Waals surface area contributed by atoms with Crippen LogP contribution in [-0.4, -0.2) is 38.8 Å². The van der Waals surface area contributed by atoms with Crippen molar-refractivity contribution in [1.29, 1.82) is 0 Å². The Balaban J connectivity index is 3.27. The minimum absolute atomic E-state index is 0.253. The molecule has 110 valence electrons. The molecule has 2 N–H and O–H groups in total. The molecule has 1 atom stereocenters. The van der Waals surface area contributed by atoms with Crippen LogP contribution in [0.1, 0.15) is 18.0 Å². The smallest absolute Gasteiger partial charge is 0.305 e. The van der Waals surface area contributed by atoms with Gasteiger partial charge in [-0.05, 0) is 17.7 Å². The summed E-state index contributed by atoms with van der Waals surface area (Å²) in [6.07, 6.45) is 0.203. The molecule has 1 aromatic carbocycles. The van der Waals surface area contributed by atoms with Gasteiger partial charge < -0.3 is 24.6 Å². The molecule has 7 heteroatoms. The summed E-state index contributed by atoms with van der Waals surface area (Å²) in [5.41, 5.74) is 0.550. The van der Waals surface area contributed by atoms with Gasteiger partial charge in [-0.25, -0.2) is 0 Å². The van der Waals surface area contributed by atoms with E-state index in [1.54, 1.807) is 12.1 Å². The van der Waals surface area contributed by atoms with Crippen molar-refractivity contribution in [2.45, 2.75) is 12.5 Å². The summed E-state index contributed by atoms with van der Waals surface area (Å²) in [7, 11) is 4.39. The van der Waals surface area contributed by atoms with E-state index < -0.39 is 12.0 Å². The fourth-order valence-corrected chi connectivity index (χ4v) is 1.83. The van der Waals surface area contributed by atoms with Crippen LogP contribution in [0.3, 0.4) is 0 Å². The van der Waals surface area contributed by atoms with E-state index in [-0.39, 0.29) is 6.42 Å². The van der Waals surface area contributed by atoms with Crippen LogP contribution in [0.5, 0.6) is 17.2 Å². The van der Waals surface area contributed by atoms with Crippen LogP contribution < -0.4 is 19.5 Å². The second-order valence-corrected chi connectivity index (χ2v) is 3.89. The zero-order chi connectivity index (χ0) is 15.1. The van der Waals surface area contributed by atoms with Gasteiger partial charge in [-0.15, -0.1) is 0 Å². The van der Waals surface area contributed by atoms with Gasteiger partial charge in [0.25, 0.3) is 0 Å². The summed E-state index contributed by atoms with van der Waals surface area (Å²) >= 11 is 0. The molecular weight excluding hydrogens is 266 g/mol. The Morgan fingerprint density at radius 2 is 1.80 bits per heavy atom. The SMILES string of the molecule is COc1cc(C(CC(=O)O)NC=O)cc(OC)c1OC. The van der Waals surface area contributed by atoms with E-state index in [0.29, 0.717) is 29.2 Å². The quantitative estimate of drug-likeness (QED) is 0.690. The van der Waals surface area contributed by atoms with E-state index in [2.05, 4.69) is 5.32 Å². The maximum atomic E-state index is 10.8. The number of carboxylic acids is 1. The van der Waals surface area contributed by atoms with Crippen molar-refractivity contribution >= 4 is 12.4 Å². The topological polar surface area (TPSA) is 94.1 Å². The van der Waals surface area contributed by atoms with Gasteiger partial charge in [0.1, 0.15) is 0 Å². The lowest BCUT2D eigenvalue weighted by Crippen LogP contribution is -2.22. The average Bonchev–Trinajstić information content (AvgIpc) is 2.44. The molecule has 20 heavy (non-hydrogen) atoms. The van der Waals surface area contributed by atoms with Crippen LogP contribution >= 0.6 is 0 Å². The van der Waals surface area contributed by atoms with E-state index in [9.17, 15) is 9.59 Å². The largest absolute Gasteiger partial charge is 0.493 e. The third kappa shape index (κ3) is 3.53. The minimum Gasteiger partial charge on any atom is -0.493 e. The number of ether oxygens (including phenoxy) is 3. The van der Waals surface area contributed by atoms with Crippen LogP contribution in [0.4, 0.5) is 0 Å². The monoisotopic (exact) mass is 283 g/mol. The molecule has 1 rings (SSSR count). The van der Waals surface area contributed by atoms with Crippen molar-refractivity contribution in [2.24, 2.45) is 0 Å². The lowest BCUT2D eigenvalue weighted by atomic mass is 10.0. The highest BCUT2D eigenvalue weighted by Crippen LogP contribution is 2.40. The summed E-state index contributed by atoms with van der Waals surface area (Å²) in [6.45, 7) is 0. The Kier molecular flexibility index (Phi) is 5.64. The van der Waals surface area contributed by atoms with Gasteiger partial charge in [0.15, 0.2) is 11.5 Å². The number of amides is 1. The molecule has 7 nitrogen and oxygen atoms in total. The standard InChI is InChI=1S/C13H17NO6/c1-18-10-4-8(5-11(19-2)13(10)20-3)9(14-7-15)6-12(16)17/h4-5,7,9H,6H2,1-3H3,(H,14,15)(H,16,17). The van der Waals surface area contributed by atoms with Crippen molar-refractivity contribution in [3.8, 4) is 17.2 Å². The lowest BCUT2D eigenvalue weighted by Gasteiger charge is -2.19. The van der Waals surface area contributed by atoms with Gasteiger partial charge >= 0.3 is 5.97 Å². The molecule has 0 saturated heterocycles. The summed E-state index contributed by atoms with van der Waals surface area (Å²) in [5, 5.41) is 11.3. The Bertz CT molecular complexity index is 463. The van der Waals surface area contributed by atoms with Crippen molar-refractivity contribution in [2.75, 3.05) is 21.3 Å². The normalized spacial score (nSPS) is 11.3. The molecule has 0 radical (unpaired) electrons. The zero-order valence-corrected chi connectivity index (χ0v) is 11.5. The molecule has 0 aliphatic heterocycles. The Morgan fingerprint density at radius 3 is 2.15 bits per heavy atom. The number of carbonyl (C=O) groups excluding carboxylic acids is 1. The average molecular weight is 283 g/mol. The van der Waals surface area contributed by atoms with Gasteiger partial charge in [-0.2, -0.15) is 0 Å². The van der Waals surface area contributed by atoms with Gasteiger partial charge in [0.2, 0.25) is 12.2 Å². The summed E-state index contributed by atoms with van der Waals surface area (Å²) in [6, 6.07) is 2.52. The van der Waals surface area contributed by atoms with E-state index in [1.165, 1.54) is 21.3 Å². The first-order chi connectivity index (χ1) is 9.57. The van der Waals surface area contributed by atoms with E-state index in [1.807, 2.05) is 0 Å². The highest BCUT2D eigenvalue weighted by atomic mass is 16.5. The molecule has 0 bridgehead atoms. The predicted molar refractivity (Wildman–Crippen MR) is 70.3 cm³/mol. The molecule has 0 spiro atoms. The zero-order valence-electron chi connectivity index (χ0n) is 11.5. The molecular formula is C13H17NO6. The Morgan fingerprint density at radius 1 is 1.25 bits per heavy atom. The number of hydrogen-bond acceptors (Lipinski definition) is 5. The van der Waals surface area contributed by atoms with Crippen molar-refractivity contribution < 1.29 is 28.9 Å². The van der Waals surface area contributed by atoms with Gasteiger partial charge in [-0.1, -0.05) is 0 Å². The first-order valence-electron chi connectivity index (χ1n) is 5.78. The second kappa shape index (κ2) is 7.22. The third-order valence-electron chi connectivity index (χ3n) is 2.74. The summed E-state index contributed by atoms with van der Waals surface area (Å²) < 4.78 is 15.5. The number of carboxylic acid groups (broad SMARTS) is 1.